The predicted molar refractivity (Wildman–Crippen MR) is 70.7 cm³/mol. The van der Waals surface area contributed by atoms with Crippen LogP contribution >= 0.6 is 11.8 Å². The molecule has 1 N–H and O–H groups in total. The van der Waals surface area contributed by atoms with Gasteiger partial charge < -0.3 is 5.32 Å². The van der Waals surface area contributed by atoms with Gasteiger partial charge in [-0.25, -0.2) is 8.78 Å². The smallest absolute Gasteiger partial charge is 0.224 e. The molecule has 0 spiro atoms. The molecule has 0 bridgehead atoms. The van der Waals surface area contributed by atoms with Crippen LogP contribution in [-0.2, 0) is 11.2 Å². The Kier molecular flexibility index (Phi) is 6.12. The van der Waals surface area contributed by atoms with Gasteiger partial charge in [-0.15, -0.1) is 0 Å². The number of halogens is 2. The van der Waals surface area contributed by atoms with Crippen molar-refractivity contribution in [3.8, 4) is 0 Å². The molecule has 18 heavy (non-hydrogen) atoms. The molecule has 0 heterocycles. The van der Waals surface area contributed by atoms with Crippen LogP contribution in [0.5, 0.6) is 0 Å². The number of amides is 1. The van der Waals surface area contributed by atoms with Crippen molar-refractivity contribution in [1.29, 1.82) is 0 Å². The highest BCUT2D eigenvalue weighted by atomic mass is 32.2. The maximum Gasteiger partial charge on any atom is 0.224 e. The van der Waals surface area contributed by atoms with Crippen molar-refractivity contribution in [3.63, 3.8) is 0 Å². The van der Waals surface area contributed by atoms with Crippen LogP contribution in [0.15, 0.2) is 18.2 Å². The normalized spacial score (nSPS) is 12.2. The standard InChI is InChI=1S/C13H17F2NOS/c1-9(18-2)5-6-16-13(17)7-10-3-4-11(14)8-12(10)15/h3-4,8-9H,5-7H2,1-2H3,(H,16,17)/t9-/m0/s1. The molecule has 2 nitrogen and oxygen atoms in total. The summed E-state index contributed by atoms with van der Waals surface area (Å²) in [7, 11) is 0. The van der Waals surface area contributed by atoms with E-state index >= 15 is 0 Å². The minimum absolute atomic E-state index is 0.0558. The van der Waals surface area contributed by atoms with Crippen LogP contribution in [0, 0.1) is 11.6 Å². The maximum absolute atomic E-state index is 13.3. The topological polar surface area (TPSA) is 29.1 Å². The first-order chi connectivity index (χ1) is 8.52. The molecule has 100 valence electrons. The second-order valence-electron chi connectivity index (χ2n) is 4.10. The van der Waals surface area contributed by atoms with Crippen LogP contribution in [0.2, 0.25) is 0 Å². The van der Waals surface area contributed by atoms with Gasteiger partial charge in [-0.1, -0.05) is 13.0 Å². The summed E-state index contributed by atoms with van der Waals surface area (Å²) in [5.74, 6) is -1.55. The third-order valence-electron chi connectivity index (χ3n) is 2.64. The average Bonchev–Trinajstić information content (AvgIpc) is 2.32. The molecule has 0 saturated carbocycles. The lowest BCUT2D eigenvalue weighted by molar-refractivity contribution is -0.120. The lowest BCUT2D eigenvalue weighted by Crippen LogP contribution is -2.27. The molecule has 1 atom stereocenters. The van der Waals surface area contributed by atoms with Gasteiger partial charge in [0.05, 0.1) is 6.42 Å². The Hall–Kier alpha value is -1.10. The molecule has 0 saturated heterocycles. The molecule has 1 aromatic rings. The third kappa shape index (κ3) is 5.04. The van der Waals surface area contributed by atoms with Gasteiger partial charge >= 0.3 is 0 Å². The minimum Gasteiger partial charge on any atom is -0.356 e. The lowest BCUT2D eigenvalue weighted by atomic mass is 10.1. The summed E-state index contributed by atoms with van der Waals surface area (Å²) in [5.41, 5.74) is 0.215. The highest BCUT2D eigenvalue weighted by Gasteiger charge is 2.09. The fourth-order valence-electron chi connectivity index (χ4n) is 1.43. The summed E-state index contributed by atoms with van der Waals surface area (Å²) in [5, 5.41) is 3.21. The Morgan fingerprint density at radius 2 is 2.17 bits per heavy atom. The van der Waals surface area contributed by atoms with Crippen LogP contribution in [0.3, 0.4) is 0 Å². The van der Waals surface area contributed by atoms with E-state index in [4.69, 9.17) is 0 Å². The monoisotopic (exact) mass is 273 g/mol. The Morgan fingerprint density at radius 3 is 2.78 bits per heavy atom. The molecular weight excluding hydrogens is 256 g/mol. The molecule has 5 heteroatoms. The van der Waals surface area contributed by atoms with Crippen molar-refractivity contribution >= 4 is 17.7 Å². The van der Waals surface area contributed by atoms with E-state index in [0.717, 1.165) is 18.6 Å². The largest absolute Gasteiger partial charge is 0.356 e. The maximum atomic E-state index is 13.3. The molecule has 0 radical (unpaired) electrons. The molecule has 0 aromatic heterocycles. The molecule has 0 unspecified atom stereocenters. The van der Waals surface area contributed by atoms with E-state index in [2.05, 4.69) is 12.2 Å². The fraction of sp³-hybridized carbons (Fsp3) is 0.462. The summed E-state index contributed by atoms with van der Waals surface area (Å²) in [6, 6.07) is 3.24. The Morgan fingerprint density at radius 1 is 1.44 bits per heavy atom. The number of rotatable bonds is 6. The molecule has 1 aromatic carbocycles. The van der Waals surface area contributed by atoms with Gasteiger partial charge in [-0.2, -0.15) is 11.8 Å². The number of benzene rings is 1. The third-order valence-corrected chi connectivity index (χ3v) is 3.68. The molecule has 0 aliphatic heterocycles. The van der Waals surface area contributed by atoms with Crippen LogP contribution in [0.4, 0.5) is 8.78 Å². The molecule has 1 rings (SSSR count). The van der Waals surface area contributed by atoms with Crippen LogP contribution in [0.1, 0.15) is 18.9 Å². The highest BCUT2D eigenvalue weighted by molar-refractivity contribution is 7.99. The zero-order chi connectivity index (χ0) is 13.5. The van der Waals surface area contributed by atoms with E-state index in [-0.39, 0.29) is 17.9 Å². The number of carbonyl (C=O) groups is 1. The SMILES string of the molecule is CS[C@@H](C)CCNC(=O)Cc1ccc(F)cc1F. The van der Waals surface area contributed by atoms with Crippen molar-refractivity contribution in [1.82, 2.24) is 5.32 Å². The van der Waals surface area contributed by atoms with E-state index in [9.17, 15) is 13.6 Å². The number of thioether (sulfide) groups is 1. The first kappa shape index (κ1) is 15.0. The minimum atomic E-state index is -0.678. The highest BCUT2D eigenvalue weighted by Crippen LogP contribution is 2.10. The van der Waals surface area contributed by atoms with E-state index in [1.807, 2.05) is 6.26 Å². The second-order valence-corrected chi connectivity index (χ2v) is 5.37. The first-order valence-electron chi connectivity index (χ1n) is 5.76. The van der Waals surface area contributed by atoms with Gasteiger partial charge in [-0.3, -0.25) is 4.79 Å². The molecular formula is C13H17F2NOS. The average molecular weight is 273 g/mol. The van der Waals surface area contributed by atoms with Crippen molar-refractivity contribution < 1.29 is 13.6 Å². The Bertz CT molecular complexity index is 412. The summed E-state index contributed by atoms with van der Waals surface area (Å²) in [4.78, 5) is 11.5. The van der Waals surface area contributed by atoms with Crippen LogP contribution in [0.25, 0.3) is 0 Å². The van der Waals surface area contributed by atoms with Gasteiger partial charge in [0.2, 0.25) is 5.91 Å². The molecule has 0 aliphatic rings. The van der Waals surface area contributed by atoms with E-state index in [1.54, 1.807) is 11.8 Å². The van der Waals surface area contributed by atoms with Crippen molar-refractivity contribution in [2.75, 3.05) is 12.8 Å². The molecule has 0 fully saturated rings. The van der Waals surface area contributed by atoms with E-state index < -0.39 is 11.6 Å². The van der Waals surface area contributed by atoms with E-state index in [1.165, 1.54) is 6.07 Å². The van der Waals surface area contributed by atoms with Gasteiger partial charge in [0.25, 0.3) is 0 Å². The predicted octanol–water partition coefficient (Wildman–Crippen LogP) is 2.77. The van der Waals surface area contributed by atoms with Gasteiger partial charge in [0.15, 0.2) is 0 Å². The number of hydrogen-bond acceptors (Lipinski definition) is 2. The summed E-state index contributed by atoms with van der Waals surface area (Å²) >= 11 is 1.73. The summed E-state index contributed by atoms with van der Waals surface area (Å²) in [6.45, 7) is 2.65. The summed E-state index contributed by atoms with van der Waals surface area (Å²) in [6.07, 6.45) is 2.83. The number of hydrogen-bond donors (Lipinski definition) is 1. The zero-order valence-corrected chi connectivity index (χ0v) is 11.3. The lowest BCUT2D eigenvalue weighted by Gasteiger charge is -2.09. The quantitative estimate of drug-likeness (QED) is 0.863. The first-order valence-corrected chi connectivity index (χ1v) is 7.05. The van der Waals surface area contributed by atoms with Gasteiger partial charge in [0, 0.05) is 17.9 Å². The summed E-state index contributed by atoms with van der Waals surface area (Å²) < 4.78 is 26.0. The zero-order valence-electron chi connectivity index (χ0n) is 10.5. The van der Waals surface area contributed by atoms with Crippen molar-refractivity contribution in [2.45, 2.75) is 25.0 Å². The van der Waals surface area contributed by atoms with Crippen molar-refractivity contribution in [3.05, 3.63) is 35.4 Å². The fourth-order valence-corrected chi connectivity index (χ4v) is 1.79. The number of nitrogens with one attached hydrogen (secondary N) is 1. The van der Waals surface area contributed by atoms with E-state index in [0.29, 0.717) is 11.8 Å². The second kappa shape index (κ2) is 7.36. The van der Waals surface area contributed by atoms with Gasteiger partial charge in [0.1, 0.15) is 11.6 Å². The molecule has 1 amide bonds. The van der Waals surface area contributed by atoms with Crippen molar-refractivity contribution in [2.24, 2.45) is 0 Å². The molecule has 0 aliphatic carbocycles. The van der Waals surface area contributed by atoms with Crippen LogP contribution in [-0.4, -0.2) is 24.0 Å². The Labute approximate surface area is 110 Å². The van der Waals surface area contributed by atoms with Crippen LogP contribution < -0.4 is 5.32 Å². The number of carbonyl (C=O) groups excluding carboxylic acids is 1. The Balaban J connectivity index is 2.40. The van der Waals surface area contributed by atoms with Gasteiger partial charge in [-0.05, 0) is 24.3 Å².